The van der Waals surface area contributed by atoms with Gasteiger partial charge in [-0.25, -0.2) is 0 Å². The Hall–Kier alpha value is -1.51. The van der Waals surface area contributed by atoms with Crippen molar-refractivity contribution in [3.05, 3.63) is 29.8 Å². The van der Waals surface area contributed by atoms with Crippen molar-refractivity contribution in [1.29, 1.82) is 0 Å². The molecule has 3 nitrogen and oxygen atoms in total. The Kier molecular flexibility index (Phi) is 4.83. The van der Waals surface area contributed by atoms with Gasteiger partial charge in [-0.1, -0.05) is 25.5 Å². The SMILES string of the molecule is CCCC1CCCCN1C(=O)Cc1cccc(O)c1. The number of phenols is 1. The van der Waals surface area contributed by atoms with Crippen molar-refractivity contribution in [1.82, 2.24) is 4.90 Å². The number of aromatic hydroxyl groups is 1. The molecule has 0 aromatic heterocycles. The van der Waals surface area contributed by atoms with Gasteiger partial charge in [-0.15, -0.1) is 0 Å². The molecule has 0 radical (unpaired) electrons. The first-order chi connectivity index (χ1) is 9.20. The van der Waals surface area contributed by atoms with Gasteiger partial charge in [0.2, 0.25) is 5.91 Å². The van der Waals surface area contributed by atoms with Crippen LogP contribution in [0.2, 0.25) is 0 Å². The van der Waals surface area contributed by atoms with Crippen LogP contribution >= 0.6 is 0 Å². The third-order valence-corrected chi connectivity index (χ3v) is 3.84. The summed E-state index contributed by atoms with van der Waals surface area (Å²) in [5.74, 6) is 0.429. The van der Waals surface area contributed by atoms with Gasteiger partial charge in [0.15, 0.2) is 0 Å². The van der Waals surface area contributed by atoms with Crippen LogP contribution in [-0.4, -0.2) is 28.5 Å². The minimum atomic E-state index is 0.198. The highest BCUT2D eigenvalue weighted by Crippen LogP contribution is 2.22. The topological polar surface area (TPSA) is 40.5 Å². The van der Waals surface area contributed by atoms with Gasteiger partial charge >= 0.3 is 0 Å². The second kappa shape index (κ2) is 6.60. The lowest BCUT2D eigenvalue weighted by atomic mass is 9.97. The summed E-state index contributed by atoms with van der Waals surface area (Å²) in [5.41, 5.74) is 0.894. The predicted molar refractivity (Wildman–Crippen MR) is 76.1 cm³/mol. The smallest absolute Gasteiger partial charge is 0.227 e. The first kappa shape index (κ1) is 13.9. The summed E-state index contributed by atoms with van der Waals surface area (Å²) < 4.78 is 0. The largest absolute Gasteiger partial charge is 0.508 e. The fourth-order valence-electron chi connectivity index (χ4n) is 2.90. The lowest BCUT2D eigenvalue weighted by Crippen LogP contribution is -2.44. The normalized spacial score (nSPS) is 19.4. The second-order valence-electron chi connectivity index (χ2n) is 5.37. The molecule has 1 N–H and O–H groups in total. The van der Waals surface area contributed by atoms with Gasteiger partial charge in [0.25, 0.3) is 0 Å². The summed E-state index contributed by atoms with van der Waals surface area (Å²) >= 11 is 0. The Morgan fingerprint density at radius 3 is 3.00 bits per heavy atom. The number of likely N-dealkylation sites (tertiary alicyclic amines) is 1. The highest BCUT2D eigenvalue weighted by molar-refractivity contribution is 5.79. The van der Waals surface area contributed by atoms with Crippen LogP contribution in [-0.2, 0) is 11.2 Å². The molecule has 0 aliphatic carbocycles. The first-order valence-electron chi connectivity index (χ1n) is 7.28. The van der Waals surface area contributed by atoms with E-state index in [0.717, 1.165) is 37.8 Å². The van der Waals surface area contributed by atoms with Crippen LogP contribution in [0, 0.1) is 0 Å². The minimum Gasteiger partial charge on any atom is -0.508 e. The Labute approximate surface area is 115 Å². The van der Waals surface area contributed by atoms with Crippen molar-refractivity contribution in [3.8, 4) is 5.75 Å². The molecule has 0 spiro atoms. The van der Waals surface area contributed by atoms with E-state index in [1.54, 1.807) is 18.2 Å². The van der Waals surface area contributed by atoms with Gasteiger partial charge in [-0.2, -0.15) is 0 Å². The average Bonchev–Trinajstić information content (AvgIpc) is 2.39. The van der Waals surface area contributed by atoms with Crippen molar-refractivity contribution in [2.45, 2.75) is 51.5 Å². The maximum atomic E-state index is 12.4. The number of piperidine rings is 1. The zero-order valence-electron chi connectivity index (χ0n) is 11.6. The molecule has 1 aliphatic heterocycles. The molecule has 2 rings (SSSR count). The Balaban J connectivity index is 2.01. The lowest BCUT2D eigenvalue weighted by Gasteiger charge is -2.36. The summed E-state index contributed by atoms with van der Waals surface area (Å²) in [6, 6.07) is 7.42. The molecule has 1 saturated heterocycles. The van der Waals surface area contributed by atoms with Crippen LogP contribution in [0.15, 0.2) is 24.3 Å². The van der Waals surface area contributed by atoms with E-state index in [2.05, 4.69) is 11.8 Å². The van der Waals surface area contributed by atoms with Crippen molar-refractivity contribution in [3.63, 3.8) is 0 Å². The molecule has 1 heterocycles. The summed E-state index contributed by atoms with van der Waals surface area (Å²) in [6.45, 7) is 3.06. The number of amides is 1. The van der Waals surface area contributed by atoms with Gasteiger partial charge < -0.3 is 10.0 Å². The van der Waals surface area contributed by atoms with Gasteiger partial charge in [0, 0.05) is 12.6 Å². The number of rotatable bonds is 4. The standard InChI is InChI=1S/C16H23NO2/c1-2-6-14-8-3-4-10-17(14)16(19)12-13-7-5-9-15(18)11-13/h5,7,9,11,14,18H,2-4,6,8,10,12H2,1H3. The highest BCUT2D eigenvalue weighted by Gasteiger charge is 2.25. The molecule has 1 atom stereocenters. The molecule has 1 aromatic rings. The molecule has 1 aliphatic rings. The van der Waals surface area contributed by atoms with Gasteiger partial charge in [0.1, 0.15) is 5.75 Å². The monoisotopic (exact) mass is 261 g/mol. The Bertz CT molecular complexity index is 429. The average molecular weight is 261 g/mol. The van der Waals surface area contributed by atoms with E-state index in [1.165, 1.54) is 6.42 Å². The van der Waals surface area contributed by atoms with E-state index < -0.39 is 0 Å². The quantitative estimate of drug-likeness (QED) is 0.904. The molecule has 0 saturated carbocycles. The lowest BCUT2D eigenvalue weighted by molar-refractivity contribution is -0.134. The Morgan fingerprint density at radius 1 is 1.42 bits per heavy atom. The van der Waals surface area contributed by atoms with E-state index in [-0.39, 0.29) is 11.7 Å². The van der Waals surface area contributed by atoms with Crippen LogP contribution in [0.25, 0.3) is 0 Å². The summed E-state index contributed by atoms with van der Waals surface area (Å²) in [4.78, 5) is 14.5. The number of carbonyl (C=O) groups is 1. The fraction of sp³-hybridized carbons (Fsp3) is 0.562. The molecule has 19 heavy (non-hydrogen) atoms. The van der Waals surface area contributed by atoms with Crippen molar-refractivity contribution < 1.29 is 9.90 Å². The summed E-state index contributed by atoms with van der Waals surface area (Å²) in [6.07, 6.45) is 6.12. The third-order valence-electron chi connectivity index (χ3n) is 3.84. The molecule has 1 amide bonds. The molecule has 3 heteroatoms. The molecular formula is C16H23NO2. The summed E-state index contributed by atoms with van der Waals surface area (Å²) in [7, 11) is 0. The van der Waals surface area contributed by atoms with Crippen molar-refractivity contribution >= 4 is 5.91 Å². The zero-order valence-corrected chi connectivity index (χ0v) is 11.6. The molecule has 1 aromatic carbocycles. The van der Waals surface area contributed by atoms with E-state index >= 15 is 0 Å². The van der Waals surface area contributed by atoms with E-state index in [4.69, 9.17) is 0 Å². The third kappa shape index (κ3) is 3.72. The molecule has 1 fully saturated rings. The van der Waals surface area contributed by atoms with Crippen LogP contribution < -0.4 is 0 Å². The Morgan fingerprint density at radius 2 is 2.26 bits per heavy atom. The van der Waals surface area contributed by atoms with Crippen LogP contribution in [0.1, 0.15) is 44.6 Å². The number of hydrogen-bond donors (Lipinski definition) is 1. The fourth-order valence-corrected chi connectivity index (χ4v) is 2.90. The predicted octanol–water partition coefficient (Wildman–Crippen LogP) is 3.12. The highest BCUT2D eigenvalue weighted by atomic mass is 16.3. The van der Waals surface area contributed by atoms with Crippen molar-refractivity contribution in [2.24, 2.45) is 0 Å². The molecule has 0 bridgehead atoms. The molecular weight excluding hydrogens is 238 g/mol. The number of nitrogens with zero attached hydrogens (tertiary/aromatic N) is 1. The van der Waals surface area contributed by atoms with Gasteiger partial charge in [-0.3, -0.25) is 4.79 Å². The summed E-state index contributed by atoms with van der Waals surface area (Å²) in [5, 5.41) is 9.45. The first-order valence-corrected chi connectivity index (χ1v) is 7.28. The minimum absolute atomic E-state index is 0.198. The molecule has 104 valence electrons. The zero-order chi connectivity index (χ0) is 13.7. The van der Waals surface area contributed by atoms with E-state index in [0.29, 0.717) is 12.5 Å². The van der Waals surface area contributed by atoms with E-state index in [9.17, 15) is 9.90 Å². The maximum Gasteiger partial charge on any atom is 0.227 e. The second-order valence-corrected chi connectivity index (χ2v) is 5.37. The number of hydrogen-bond acceptors (Lipinski definition) is 2. The number of benzene rings is 1. The van der Waals surface area contributed by atoms with Crippen LogP contribution in [0.4, 0.5) is 0 Å². The maximum absolute atomic E-state index is 12.4. The van der Waals surface area contributed by atoms with Crippen LogP contribution in [0.5, 0.6) is 5.75 Å². The van der Waals surface area contributed by atoms with Crippen molar-refractivity contribution in [2.75, 3.05) is 6.54 Å². The molecule has 1 unspecified atom stereocenters. The van der Waals surface area contributed by atoms with Gasteiger partial charge in [-0.05, 0) is 43.4 Å². The number of carbonyl (C=O) groups excluding carboxylic acids is 1. The van der Waals surface area contributed by atoms with Gasteiger partial charge in [0.05, 0.1) is 6.42 Å². The van der Waals surface area contributed by atoms with Crippen LogP contribution in [0.3, 0.4) is 0 Å². The van der Waals surface area contributed by atoms with E-state index in [1.807, 2.05) is 6.07 Å². The number of phenolic OH excluding ortho intramolecular Hbond substituents is 1.